The number of halogens is 5. The maximum Gasteiger partial charge on any atom is 0.319 e. The van der Waals surface area contributed by atoms with Gasteiger partial charge in [0.05, 0.1) is 32.3 Å². The number of benzene rings is 3. The van der Waals surface area contributed by atoms with Crippen LogP contribution in [0.15, 0.2) is 79.0 Å². The number of ether oxygens (including phenoxy) is 4. The standard InChI is InChI=1S/C50H50ClF4N7O4/c1-29(37-6-4-18-56-46(37)60(25-30-7-13-35(63-2)14-8-30)26-31-9-15-36(64-3)16-10-31)62-20-21-65-48-41-44(58-49(59-47(41)62)66-28-50-17-5-19-61(50)27-34(52)24-50)42(53)43(57-48)38-22-33(45(54)55)23-39(51)40(38)32-11-12-32/h4,6-10,13-16,18,22-23,29,32,34,45H,5,11-12,17,19-21,24-28H2,1-3H3/t29?,34-,50+/m1/s1. The lowest BCUT2D eigenvalue weighted by Gasteiger charge is -2.34. The second-order valence-corrected chi connectivity index (χ2v) is 18.1. The van der Waals surface area contributed by atoms with Gasteiger partial charge in [-0.3, -0.25) is 4.90 Å². The first-order chi connectivity index (χ1) is 32.0. The molecule has 1 aliphatic carbocycles. The Bertz CT molecular complexity index is 2700. The van der Waals surface area contributed by atoms with Crippen LogP contribution in [-0.2, 0) is 13.1 Å². The summed E-state index contributed by atoms with van der Waals surface area (Å²) in [7, 11) is 3.27. The van der Waals surface area contributed by atoms with Crippen molar-refractivity contribution < 1.29 is 36.5 Å². The molecule has 6 heterocycles. The summed E-state index contributed by atoms with van der Waals surface area (Å²) in [6, 6.07) is 21.7. The van der Waals surface area contributed by atoms with Gasteiger partial charge in [-0.2, -0.15) is 9.97 Å². The van der Waals surface area contributed by atoms with Gasteiger partial charge in [-0.05, 0) is 104 Å². The van der Waals surface area contributed by atoms with Crippen molar-refractivity contribution in [3.8, 4) is 34.6 Å². The van der Waals surface area contributed by atoms with Crippen molar-refractivity contribution in [2.45, 2.75) is 82.2 Å². The fourth-order valence-electron chi connectivity index (χ4n) is 10.1. The van der Waals surface area contributed by atoms with Gasteiger partial charge in [-0.25, -0.2) is 27.5 Å². The van der Waals surface area contributed by atoms with Crippen molar-refractivity contribution in [2.24, 2.45) is 0 Å². The Morgan fingerprint density at radius 3 is 2.32 bits per heavy atom. The fourth-order valence-corrected chi connectivity index (χ4v) is 10.4. The van der Waals surface area contributed by atoms with Gasteiger partial charge >= 0.3 is 6.01 Å². The Morgan fingerprint density at radius 1 is 0.939 bits per heavy atom. The first kappa shape index (κ1) is 43.9. The second-order valence-electron chi connectivity index (χ2n) is 17.7. The van der Waals surface area contributed by atoms with E-state index >= 15 is 4.39 Å². The van der Waals surface area contributed by atoms with E-state index in [1.807, 2.05) is 72.5 Å². The Morgan fingerprint density at radius 2 is 1.65 bits per heavy atom. The summed E-state index contributed by atoms with van der Waals surface area (Å²) in [5.41, 5.74) is 2.45. The van der Waals surface area contributed by atoms with Crippen molar-refractivity contribution in [3.05, 3.63) is 118 Å². The summed E-state index contributed by atoms with van der Waals surface area (Å²) in [4.78, 5) is 25.8. The number of hydrogen-bond acceptors (Lipinski definition) is 11. The van der Waals surface area contributed by atoms with Gasteiger partial charge in [-0.15, -0.1) is 0 Å². The molecule has 6 aromatic rings. The molecule has 2 saturated heterocycles. The van der Waals surface area contributed by atoms with Crippen molar-refractivity contribution in [3.63, 3.8) is 0 Å². The monoisotopic (exact) mass is 923 g/mol. The van der Waals surface area contributed by atoms with Crippen LogP contribution in [0.25, 0.3) is 22.2 Å². The maximum absolute atomic E-state index is 17.6. The van der Waals surface area contributed by atoms with Crippen LogP contribution < -0.4 is 28.7 Å². The zero-order valence-corrected chi connectivity index (χ0v) is 37.7. The predicted molar refractivity (Wildman–Crippen MR) is 245 cm³/mol. The van der Waals surface area contributed by atoms with Crippen molar-refractivity contribution in [1.82, 2.24) is 24.8 Å². The molecule has 3 aromatic carbocycles. The second kappa shape index (κ2) is 18.0. The minimum absolute atomic E-state index is 0.0330. The number of rotatable bonds is 15. The van der Waals surface area contributed by atoms with E-state index in [2.05, 4.69) is 9.80 Å². The molecular weight excluding hydrogens is 874 g/mol. The summed E-state index contributed by atoms with van der Waals surface area (Å²) < 4.78 is 84.9. The lowest BCUT2D eigenvalue weighted by atomic mass is 9.95. The molecule has 10 rings (SSSR count). The van der Waals surface area contributed by atoms with E-state index in [9.17, 15) is 13.2 Å². The third-order valence-corrected chi connectivity index (χ3v) is 13.8. The molecule has 344 valence electrons. The summed E-state index contributed by atoms with van der Waals surface area (Å²) in [6.45, 7) is 4.63. The van der Waals surface area contributed by atoms with E-state index in [1.54, 1.807) is 20.4 Å². The SMILES string of the molecule is COc1ccc(CN(Cc2ccc(OC)cc2)c2ncccc2C(C)N2CCOc3nc(-c4cc(C(F)F)cc(Cl)c4C4CC4)c(F)c4nc(OC[C@@]56CCCN5C[C@H](F)C6)nc2c34)cc1. The molecule has 0 radical (unpaired) electrons. The van der Waals surface area contributed by atoms with Crippen LogP contribution in [0.2, 0.25) is 5.02 Å². The van der Waals surface area contributed by atoms with Gasteiger partial charge in [0.25, 0.3) is 6.43 Å². The van der Waals surface area contributed by atoms with Gasteiger partial charge in [-0.1, -0.05) is 41.9 Å². The summed E-state index contributed by atoms with van der Waals surface area (Å²) in [5, 5.41) is 0.343. The minimum atomic E-state index is -2.85. The number of aromatic nitrogens is 4. The Balaban J connectivity index is 1.10. The number of fused-ring (bicyclic) bond motifs is 1. The molecule has 3 aliphatic heterocycles. The Kier molecular flexibility index (Phi) is 12.0. The smallest absolute Gasteiger partial charge is 0.319 e. The van der Waals surface area contributed by atoms with E-state index in [0.717, 1.165) is 60.4 Å². The molecule has 0 spiro atoms. The molecule has 1 saturated carbocycles. The number of anilines is 2. The summed E-state index contributed by atoms with van der Waals surface area (Å²) in [6.07, 6.45) is 1.45. The molecular formula is C50H50ClF4N7O4. The van der Waals surface area contributed by atoms with Crippen molar-refractivity contribution >= 4 is 34.1 Å². The van der Waals surface area contributed by atoms with Crippen LogP contribution in [0.1, 0.15) is 85.2 Å². The first-order valence-electron chi connectivity index (χ1n) is 22.4. The molecule has 4 aliphatic rings. The van der Waals surface area contributed by atoms with Crippen LogP contribution in [0.5, 0.6) is 23.4 Å². The van der Waals surface area contributed by atoms with Gasteiger partial charge in [0.15, 0.2) is 5.82 Å². The number of pyridine rings is 2. The van der Waals surface area contributed by atoms with Crippen LogP contribution in [0.3, 0.4) is 0 Å². The van der Waals surface area contributed by atoms with E-state index in [-0.39, 0.29) is 70.3 Å². The molecule has 3 atom stereocenters. The highest BCUT2D eigenvalue weighted by molar-refractivity contribution is 6.32. The first-order valence-corrected chi connectivity index (χ1v) is 22.8. The van der Waals surface area contributed by atoms with Gasteiger partial charge in [0.2, 0.25) is 5.88 Å². The van der Waals surface area contributed by atoms with Crippen LogP contribution >= 0.6 is 11.6 Å². The van der Waals surface area contributed by atoms with E-state index < -0.39 is 30.0 Å². The number of nitrogens with zero attached hydrogens (tertiary/aromatic N) is 7. The molecule has 3 fully saturated rings. The number of methoxy groups -OCH3 is 2. The molecule has 3 aromatic heterocycles. The third-order valence-electron chi connectivity index (χ3n) is 13.5. The number of alkyl halides is 3. The lowest BCUT2D eigenvalue weighted by molar-refractivity contribution is 0.107. The van der Waals surface area contributed by atoms with Crippen molar-refractivity contribution in [1.29, 1.82) is 0 Å². The topological polar surface area (TPSA) is 98.2 Å². The van der Waals surface area contributed by atoms with Gasteiger partial charge in [0, 0.05) is 54.0 Å². The zero-order valence-electron chi connectivity index (χ0n) is 37.0. The minimum Gasteiger partial charge on any atom is -0.497 e. The van der Waals surface area contributed by atoms with Gasteiger partial charge in [0.1, 0.15) is 59.1 Å². The zero-order chi connectivity index (χ0) is 45.7. The quantitative estimate of drug-likeness (QED) is 0.0921. The molecule has 16 heteroatoms. The fraction of sp³-hybridized carbons (Fsp3) is 0.400. The highest BCUT2D eigenvalue weighted by atomic mass is 35.5. The Labute approximate surface area is 385 Å². The average molecular weight is 924 g/mol. The largest absolute Gasteiger partial charge is 0.497 e. The predicted octanol–water partition coefficient (Wildman–Crippen LogP) is 10.8. The highest BCUT2D eigenvalue weighted by Gasteiger charge is 2.49. The molecule has 66 heavy (non-hydrogen) atoms. The lowest BCUT2D eigenvalue weighted by Crippen LogP contribution is -2.43. The normalized spacial score (nSPS) is 19.7. The summed E-state index contributed by atoms with van der Waals surface area (Å²) >= 11 is 6.70. The van der Waals surface area contributed by atoms with Crippen LogP contribution in [0, 0.1) is 5.82 Å². The number of hydrogen-bond donors (Lipinski definition) is 0. The van der Waals surface area contributed by atoms with Crippen molar-refractivity contribution in [2.75, 3.05) is 56.9 Å². The van der Waals surface area contributed by atoms with Crippen LogP contribution in [-0.4, -0.2) is 83.6 Å². The van der Waals surface area contributed by atoms with E-state index in [0.29, 0.717) is 43.3 Å². The van der Waals surface area contributed by atoms with Gasteiger partial charge < -0.3 is 28.7 Å². The highest BCUT2D eigenvalue weighted by Crippen LogP contribution is 2.51. The summed E-state index contributed by atoms with van der Waals surface area (Å²) in [5.74, 6) is 1.71. The maximum atomic E-state index is 17.6. The molecule has 0 amide bonds. The third kappa shape index (κ3) is 8.40. The Hall–Kier alpha value is -5.93. The molecule has 11 nitrogen and oxygen atoms in total. The molecule has 0 bridgehead atoms. The van der Waals surface area contributed by atoms with Crippen LogP contribution in [0.4, 0.5) is 29.2 Å². The molecule has 1 unspecified atom stereocenters. The van der Waals surface area contributed by atoms with E-state index in [4.69, 9.17) is 50.5 Å². The molecule has 0 N–H and O–H groups in total. The van der Waals surface area contributed by atoms with E-state index in [1.165, 1.54) is 12.1 Å². The average Bonchev–Trinajstić information content (AvgIpc) is 4.05.